The lowest BCUT2D eigenvalue weighted by Gasteiger charge is -2.01. The maximum Gasteiger partial charge on any atom is 0.310 e. The largest absolute Gasteiger partial charge is 0.481 e. The number of carboxylic acids is 1. The molecule has 0 spiro atoms. The molecule has 2 nitrogen and oxygen atoms in total. The van der Waals surface area contributed by atoms with Gasteiger partial charge in [0.15, 0.2) is 0 Å². The van der Waals surface area contributed by atoms with E-state index in [0.717, 1.165) is 18.4 Å². The van der Waals surface area contributed by atoms with Gasteiger partial charge in [0.1, 0.15) is 0 Å². The molecule has 76 valence electrons. The molecule has 0 unspecified atom stereocenters. The summed E-state index contributed by atoms with van der Waals surface area (Å²) in [5.41, 5.74) is 0.417. The van der Waals surface area contributed by atoms with Crippen LogP contribution in [0.15, 0.2) is 30.3 Å². The first kappa shape index (κ1) is 9.79. The van der Waals surface area contributed by atoms with Crippen LogP contribution in [0.1, 0.15) is 24.8 Å². The minimum atomic E-state index is -0.704. The van der Waals surface area contributed by atoms with Gasteiger partial charge in [0.25, 0.3) is 0 Å². The Morgan fingerprint density at radius 1 is 1.33 bits per heavy atom. The maximum absolute atomic E-state index is 10.9. The second kappa shape index (κ2) is 3.78. The molecule has 1 aliphatic carbocycles. The second-order valence-corrected chi connectivity index (χ2v) is 3.93. The van der Waals surface area contributed by atoms with E-state index in [9.17, 15) is 4.79 Å². The van der Waals surface area contributed by atoms with Gasteiger partial charge in [-0.1, -0.05) is 30.0 Å². The van der Waals surface area contributed by atoms with Crippen LogP contribution in [0.2, 0.25) is 0 Å². The van der Waals surface area contributed by atoms with E-state index in [1.54, 1.807) is 0 Å². The summed E-state index contributed by atoms with van der Waals surface area (Å²) in [5.74, 6) is 5.23. The minimum absolute atomic E-state index is 0.469. The molecule has 1 N–H and O–H groups in total. The van der Waals surface area contributed by atoms with E-state index < -0.39 is 11.4 Å². The fourth-order valence-corrected chi connectivity index (χ4v) is 1.45. The predicted molar refractivity (Wildman–Crippen MR) is 57.2 cm³/mol. The number of carboxylic acid groups (broad SMARTS) is 1. The van der Waals surface area contributed by atoms with E-state index in [0.29, 0.717) is 6.42 Å². The zero-order valence-electron chi connectivity index (χ0n) is 8.36. The highest BCUT2D eigenvalue weighted by Crippen LogP contribution is 2.48. The fraction of sp³-hybridized carbons (Fsp3) is 0.308. The average molecular weight is 200 g/mol. The van der Waals surface area contributed by atoms with E-state index in [1.807, 2.05) is 30.3 Å². The van der Waals surface area contributed by atoms with Gasteiger partial charge in [-0.05, 0) is 25.0 Å². The molecule has 0 atom stereocenters. The van der Waals surface area contributed by atoms with Gasteiger partial charge in [-0.3, -0.25) is 4.79 Å². The van der Waals surface area contributed by atoms with Crippen LogP contribution in [0.3, 0.4) is 0 Å². The van der Waals surface area contributed by atoms with Gasteiger partial charge in [0, 0.05) is 12.0 Å². The monoisotopic (exact) mass is 200 g/mol. The Morgan fingerprint density at radius 3 is 2.53 bits per heavy atom. The minimum Gasteiger partial charge on any atom is -0.481 e. The van der Waals surface area contributed by atoms with Crippen molar-refractivity contribution in [2.24, 2.45) is 5.41 Å². The zero-order valence-corrected chi connectivity index (χ0v) is 8.36. The molecule has 0 heterocycles. The van der Waals surface area contributed by atoms with Gasteiger partial charge < -0.3 is 5.11 Å². The SMILES string of the molecule is O=C(O)C1(CC#Cc2ccccc2)CC1. The van der Waals surface area contributed by atoms with Gasteiger partial charge in [-0.25, -0.2) is 0 Å². The van der Waals surface area contributed by atoms with E-state index in [-0.39, 0.29) is 0 Å². The van der Waals surface area contributed by atoms with Gasteiger partial charge in [0.2, 0.25) is 0 Å². The molecule has 0 aromatic heterocycles. The Balaban J connectivity index is 2.00. The third-order valence-electron chi connectivity index (χ3n) is 2.74. The van der Waals surface area contributed by atoms with Crippen molar-refractivity contribution in [2.75, 3.05) is 0 Å². The Bertz CT molecular complexity index is 419. The Labute approximate surface area is 88.9 Å². The molecule has 0 amide bonds. The van der Waals surface area contributed by atoms with Crippen molar-refractivity contribution >= 4 is 5.97 Å². The van der Waals surface area contributed by atoms with Crippen LogP contribution in [0.25, 0.3) is 0 Å². The van der Waals surface area contributed by atoms with E-state index in [2.05, 4.69) is 11.8 Å². The Morgan fingerprint density at radius 2 is 2.00 bits per heavy atom. The molecule has 0 radical (unpaired) electrons. The van der Waals surface area contributed by atoms with Gasteiger partial charge in [0.05, 0.1) is 5.41 Å². The summed E-state index contributed by atoms with van der Waals surface area (Å²) in [5, 5.41) is 8.93. The third kappa shape index (κ3) is 2.19. The molecule has 15 heavy (non-hydrogen) atoms. The number of rotatable bonds is 2. The first-order valence-corrected chi connectivity index (χ1v) is 5.00. The standard InChI is InChI=1S/C13H12O2/c14-12(15)13(9-10-13)8-4-7-11-5-2-1-3-6-11/h1-3,5-6H,8-10H2,(H,14,15). The number of benzene rings is 1. The van der Waals surface area contributed by atoms with Crippen LogP contribution in [-0.2, 0) is 4.79 Å². The van der Waals surface area contributed by atoms with Crippen molar-refractivity contribution in [3.63, 3.8) is 0 Å². The summed E-state index contributed by atoms with van der Waals surface area (Å²) < 4.78 is 0. The lowest BCUT2D eigenvalue weighted by Crippen LogP contribution is -2.13. The first-order valence-electron chi connectivity index (χ1n) is 5.00. The fourth-order valence-electron chi connectivity index (χ4n) is 1.45. The molecule has 1 aliphatic rings. The molecular weight excluding hydrogens is 188 g/mol. The molecule has 0 saturated heterocycles. The number of aliphatic carboxylic acids is 1. The van der Waals surface area contributed by atoms with Gasteiger partial charge in [-0.2, -0.15) is 0 Å². The van der Waals surface area contributed by atoms with Crippen LogP contribution in [-0.4, -0.2) is 11.1 Å². The van der Waals surface area contributed by atoms with Crippen LogP contribution in [0.5, 0.6) is 0 Å². The Hall–Kier alpha value is -1.75. The topological polar surface area (TPSA) is 37.3 Å². The first-order chi connectivity index (χ1) is 7.23. The molecule has 1 aromatic carbocycles. The highest BCUT2D eigenvalue weighted by Gasteiger charge is 2.49. The average Bonchev–Trinajstić information content (AvgIpc) is 3.01. The van der Waals surface area contributed by atoms with E-state index >= 15 is 0 Å². The lowest BCUT2D eigenvalue weighted by atomic mass is 10.0. The molecular formula is C13H12O2. The van der Waals surface area contributed by atoms with Crippen molar-refractivity contribution < 1.29 is 9.90 Å². The summed E-state index contributed by atoms with van der Waals surface area (Å²) in [6.45, 7) is 0. The van der Waals surface area contributed by atoms with Crippen LogP contribution >= 0.6 is 0 Å². The van der Waals surface area contributed by atoms with Gasteiger partial charge in [-0.15, -0.1) is 0 Å². The van der Waals surface area contributed by atoms with Crippen molar-refractivity contribution in [1.29, 1.82) is 0 Å². The summed E-state index contributed by atoms with van der Waals surface area (Å²) in [7, 11) is 0. The molecule has 1 saturated carbocycles. The van der Waals surface area contributed by atoms with Crippen molar-refractivity contribution in [2.45, 2.75) is 19.3 Å². The highest BCUT2D eigenvalue weighted by atomic mass is 16.4. The molecule has 0 aliphatic heterocycles. The summed E-state index contributed by atoms with van der Waals surface area (Å²) in [4.78, 5) is 10.9. The summed E-state index contributed by atoms with van der Waals surface area (Å²) in [6, 6.07) is 9.63. The number of hydrogen-bond acceptors (Lipinski definition) is 1. The highest BCUT2D eigenvalue weighted by molar-refractivity contribution is 5.78. The number of hydrogen-bond donors (Lipinski definition) is 1. The molecule has 1 fully saturated rings. The normalized spacial score (nSPS) is 16.3. The Kier molecular flexibility index (Phi) is 2.47. The number of carbonyl (C=O) groups is 1. The summed E-state index contributed by atoms with van der Waals surface area (Å²) >= 11 is 0. The quantitative estimate of drug-likeness (QED) is 0.744. The maximum atomic E-state index is 10.9. The van der Waals surface area contributed by atoms with Crippen LogP contribution in [0.4, 0.5) is 0 Å². The van der Waals surface area contributed by atoms with Crippen LogP contribution < -0.4 is 0 Å². The molecule has 2 heteroatoms. The second-order valence-electron chi connectivity index (χ2n) is 3.93. The molecule has 1 aromatic rings. The predicted octanol–water partition coefficient (Wildman–Crippen LogP) is 2.29. The molecule has 0 bridgehead atoms. The van der Waals surface area contributed by atoms with Crippen molar-refractivity contribution in [3.8, 4) is 11.8 Å². The van der Waals surface area contributed by atoms with E-state index in [4.69, 9.17) is 5.11 Å². The van der Waals surface area contributed by atoms with Gasteiger partial charge >= 0.3 is 5.97 Å². The smallest absolute Gasteiger partial charge is 0.310 e. The molecule has 2 rings (SSSR count). The lowest BCUT2D eigenvalue weighted by molar-refractivity contribution is -0.143. The third-order valence-corrected chi connectivity index (χ3v) is 2.74. The van der Waals surface area contributed by atoms with Crippen molar-refractivity contribution in [3.05, 3.63) is 35.9 Å². The summed E-state index contributed by atoms with van der Waals surface area (Å²) in [6.07, 6.45) is 2.01. The zero-order chi connectivity index (χ0) is 10.7. The van der Waals surface area contributed by atoms with Crippen LogP contribution in [0, 0.1) is 17.3 Å². The van der Waals surface area contributed by atoms with Crippen molar-refractivity contribution in [1.82, 2.24) is 0 Å². The van der Waals surface area contributed by atoms with E-state index in [1.165, 1.54) is 0 Å².